The minimum absolute atomic E-state index is 0.0174. The Morgan fingerprint density at radius 1 is 1.24 bits per heavy atom. The molecule has 4 heterocycles. The predicted molar refractivity (Wildman–Crippen MR) is 133 cm³/mol. The number of hydrogen-bond acceptors (Lipinski definition) is 4. The normalized spacial score (nSPS) is 17.1. The number of pyridine rings is 1. The van der Waals surface area contributed by atoms with Crippen molar-refractivity contribution in [1.82, 2.24) is 29.9 Å². The molecule has 1 aliphatic heterocycles. The fourth-order valence-corrected chi connectivity index (χ4v) is 6.02. The zero-order valence-corrected chi connectivity index (χ0v) is 19.9. The van der Waals surface area contributed by atoms with Gasteiger partial charge in [0.1, 0.15) is 5.69 Å². The number of carbonyl (C=O) groups is 1. The molecule has 3 aromatic heterocycles. The monoisotopic (exact) mass is 472 g/mol. The molecule has 0 unspecified atom stereocenters. The van der Waals surface area contributed by atoms with E-state index in [2.05, 4.69) is 39.4 Å². The molecule has 2 fully saturated rings. The molecule has 172 valence electrons. The van der Waals surface area contributed by atoms with Crippen LogP contribution in [0.3, 0.4) is 0 Å². The van der Waals surface area contributed by atoms with Gasteiger partial charge in [0.15, 0.2) is 0 Å². The van der Waals surface area contributed by atoms with E-state index in [1.54, 1.807) is 6.20 Å². The molecule has 0 radical (unpaired) electrons. The first-order chi connectivity index (χ1) is 16.4. The minimum Gasteiger partial charge on any atom is -0.338 e. The highest BCUT2D eigenvalue weighted by Gasteiger charge is 2.54. The number of hydrogen-bond donors (Lipinski definition) is 1. The molecule has 6 rings (SSSR count). The molecule has 7 nitrogen and oxygen atoms in total. The van der Waals surface area contributed by atoms with Crippen molar-refractivity contribution in [1.29, 1.82) is 0 Å². The predicted octanol–water partition coefficient (Wildman–Crippen LogP) is 5.11. The first kappa shape index (κ1) is 21.1. The summed E-state index contributed by atoms with van der Waals surface area (Å²) in [5.41, 5.74) is 6.98. The SMILES string of the molecule is C=CC(=O)N1CC2(CC(n3nc(-c4cccnc4C)c(-c4c(Cl)ccc5[nH]ncc45)c3C)C2)C1. The summed E-state index contributed by atoms with van der Waals surface area (Å²) < 4.78 is 2.16. The molecule has 8 heteroatoms. The van der Waals surface area contributed by atoms with Crippen LogP contribution >= 0.6 is 11.6 Å². The van der Waals surface area contributed by atoms with E-state index in [1.807, 2.05) is 36.2 Å². The molecule has 1 spiro atoms. The molecule has 1 aliphatic carbocycles. The van der Waals surface area contributed by atoms with E-state index >= 15 is 0 Å². The third-order valence-corrected chi connectivity index (χ3v) is 7.77. The van der Waals surface area contributed by atoms with Gasteiger partial charge in [-0.1, -0.05) is 18.2 Å². The van der Waals surface area contributed by atoms with Crippen molar-refractivity contribution in [2.75, 3.05) is 13.1 Å². The van der Waals surface area contributed by atoms with Crippen molar-refractivity contribution in [3.8, 4) is 22.4 Å². The van der Waals surface area contributed by atoms with Crippen molar-refractivity contribution >= 4 is 28.4 Å². The van der Waals surface area contributed by atoms with Crippen LogP contribution in [-0.2, 0) is 4.79 Å². The van der Waals surface area contributed by atoms with Gasteiger partial charge in [0, 0.05) is 63.2 Å². The number of fused-ring (bicyclic) bond motifs is 1. The number of nitrogens with zero attached hydrogens (tertiary/aromatic N) is 5. The van der Waals surface area contributed by atoms with Gasteiger partial charge in [0.25, 0.3) is 0 Å². The first-order valence-electron chi connectivity index (χ1n) is 11.5. The Bertz CT molecular complexity index is 1450. The Balaban J connectivity index is 1.44. The van der Waals surface area contributed by atoms with E-state index in [-0.39, 0.29) is 17.4 Å². The van der Waals surface area contributed by atoms with Crippen LogP contribution in [0.2, 0.25) is 5.02 Å². The molecule has 1 N–H and O–H groups in total. The molecule has 4 aromatic rings. The fraction of sp³-hybridized carbons (Fsp3) is 0.308. The van der Waals surface area contributed by atoms with E-state index in [0.717, 1.165) is 70.6 Å². The molecule has 0 bridgehead atoms. The van der Waals surface area contributed by atoms with Crippen LogP contribution in [0.5, 0.6) is 0 Å². The maximum Gasteiger partial charge on any atom is 0.245 e. The highest BCUT2D eigenvalue weighted by atomic mass is 35.5. The second-order valence-corrected chi connectivity index (χ2v) is 10.0. The average Bonchev–Trinajstić information content (AvgIpc) is 3.37. The summed E-state index contributed by atoms with van der Waals surface area (Å²) in [7, 11) is 0. The summed E-state index contributed by atoms with van der Waals surface area (Å²) in [6.07, 6.45) is 7.03. The number of aryl methyl sites for hydroxylation is 1. The summed E-state index contributed by atoms with van der Waals surface area (Å²) in [5, 5.41) is 14.1. The van der Waals surface area contributed by atoms with Gasteiger partial charge >= 0.3 is 0 Å². The summed E-state index contributed by atoms with van der Waals surface area (Å²) in [5.74, 6) is 0.0174. The van der Waals surface area contributed by atoms with Crippen LogP contribution in [0.15, 0.2) is 49.3 Å². The lowest BCUT2D eigenvalue weighted by atomic mass is 9.60. The van der Waals surface area contributed by atoms with E-state index in [0.29, 0.717) is 5.02 Å². The smallest absolute Gasteiger partial charge is 0.245 e. The third-order valence-electron chi connectivity index (χ3n) is 7.46. The van der Waals surface area contributed by atoms with Crippen molar-refractivity contribution in [3.63, 3.8) is 0 Å². The topological polar surface area (TPSA) is 79.7 Å². The Hall–Kier alpha value is -3.45. The molecule has 34 heavy (non-hydrogen) atoms. The lowest BCUT2D eigenvalue weighted by Gasteiger charge is -2.58. The van der Waals surface area contributed by atoms with Gasteiger partial charge in [-0.25, -0.2) is 0 Å². The highest BCUT2D eigenvalue weighted by molar-refractivity contribution is 6.35. The van der Waals surface area contributed by atoms with Crippen molar-refractivity contribution in [3.05, 3.63) is 65.7 Å². The van der Waals surface area contributed by atoms with Gasteiger partial charge in [-0.15, -0.1) is 0 Å². The van der Waals surface area contributed by atoms with Crippen molar-refractivity contribution in [2.24, 2.45) is 5.41 Å². The fourth-order valence-electron chi connectivity index (χ4n) is 5.76. The summed E-state index contributed by atoms with van der Waals surface area (Å²) in [6, 6.07) is 8.15. The van der Waals surface area contributed by atoms with Gasteiger partial charge in [0.2, 0.25) is 5.91 Å². The number of benzene rings is 1. The van der Waals surface area contributed by atoms with E-state index in [4.69, 9.17) is 16.7 Å². The maximum atomic E-state index is 11.9. The Kier molecular flexibility index (Phi) is 4.68. The lowest BCUT2D eigenvalue weighted by Crippen LogP contribution is -2.63. The van der Waals surface area contributed by atoms with Crippen LogP contribution in [0, 0.1) is 19.3 Å². The number of amides is 1. The quantitative estimate of drug-likeness (QED) is 0.418. The van der Waals surface area contributed by atoms with E-state index in [9.17, 15) is 4.79 Å². The van der Waals surface area contributed by atoms with Gasteiger partial charge < -0.3 is 4.90 Å². The lowest BCUT2D eigenvalue weighted by molar-refractivity contribution is -0.149. The van der Waals surface area contributed by atoms with E-state index in [1.165, 1.54) is 6.08 Å². The third kappa shape index (κ3) is 3.03. The molecule has 1 amide bonds. The number of H-pyrrole nitrogens is 1. The summed E-state index contributed by atoms with van der Waals surface area (Å²) in [6.45, 7) is 9.33. The number of aromatic amines is 1. The zero-order valence-electron chi connectivity index (χ0n) is 19.2. The first-order valence-corrected chi connectivity index (χ1v) is 11.8. The minimum atomic E-state index is 0.0174. The molecule has 0 atom stereocenters. The molecule has 1 aromatic carbocycles. The second kappa shape index (κ2) is 7.53. The molecule has 1 saturated heterocycles. The van der Waals surface area contributed by atoms with Crippen LogP contribution in [-0.4, -0.2) is 48.9 Å². The maximum absolute atomic E-state index is 11.9. The van der Waals surface area contributed by atoms with Gasteiger partial charge in [-0.05, 0) is 57.0 Å². The highest BCUT2D eigenvalue weighted by Crippen LogP contribution is 2.55. The van der Waals surface area contributed by atoms with Gasteiger partial charge in [-0.3, -0.25) is 19.6 Å². The number of halogens is 1. The van der Waals surface area contributed by atoms with Crippen molar-refractivity contribution in [2.45, 2.75) is 32.7 Å². The van der Waals surface area contributed by atoms with Crippen LogP contribution in [0.25, 0.3) is 33.3 Å². The zero-order chi connectivity index (χ0) is 23.6. The Morgan fingerprint density at radius 2 is 2.03 bits per heavy atom. The Morgan fingerprint density at radius 3 is 2.76 bits per heavy atom. The number of aromatic nitrogens is 5. The molecule has 2 aliphatic rings. The average molecular weight is 473 g/mol. The number of likely N-dealkylation sites (tertiary alicyclic amines) is 1. The molecular formula is C26H25ClN6O. The van der Waals surface area contributed by atoms with Crippen LogP contribution < -0.4 is 0 Å². The second-order valence-electron chi connectivity index (χ2n) is 9.60. The van der Waals surface area contributed by atoms with Gasteiger partial charge in [-0.2, -0.15) is 10.2 Å². The standard InChI is InChI=1S/C26H25ClN6O/c1-4-22(34)32-13-26(14-32)10-17(11-26)33-16(3)23(25(31-33)18-6-5-9-28-15(18)2)24-19-12-29-30-21(19)8-7-20(24)27/h4-9,12,17H,1,10-11,13-14H2,2-3H3,(H,29,30). The molecular weight excluding hydrogens is 448 g/mol. The van der Waals surface area contributed by atoms with Crippen molar-refractivity contribution < 1.29 is 4.79 Å². The number of rotatable bonds is 4. The van der Waals surface area contributed by atoms with Gasteiger partial charge in [0.05, 0.1) is 17.8 Å². The molecule has 1 saturated carbocycles. The Labute approximate surface area is 202 Å². The van der Waals surface area contributed by atoms with Crippen LogP contribution in [0.4, 0.5) is 0 Å². The van der Waals surface area contributed by atoms with E-state index < -0.39 is 0 Å². The number of nitrogens with one attached hydrogen (secondary N) is 1. The van der Waals surface area contributed by atoms with Crippen LogP contribution in [0.1, 0.15) is 30.3 Å². The summed E-state index contributed by atoms with van der Waals surface area (Å²) in [4.78, 5) is 18.3. The largest absolute Gasteiger partial charge is 0.338 e. The number of carbonyl (C=O) groups excluding carboxylic acids is 1. The summed E-state index contributed by atoms with van der Waals surface area (Å²) >= 11 is 6.80.